The Kier molecular flexibility index (Phi) is 4.81. The second-order valence-electron chi connectivity index (χ2n) is 9.20. The highest BCUT2D eigenvalue weighted by Crippen LogP contribution is 2.37. The molecule has 0 spiro atoms. The van der Waals surface area contributed by atoms with Gasteiger partial charge in [-0.2, -0.15) is 0 Å². The van der Waals surface area contributed by atoms with Crippen molar-refractivity contribution in [3.05, 3.63) is 57.6 Å². The molecule has 26 heavy (non-hydrogen) atoms. The van der Waals surface area contributed by atoms with E-state index in [4.69, 9.17) is 0 Å². The Labute approximate surface area is 159 Å². The van der Waals surface area contributed by atoms with Gasteiger partial charge in [-0.1, -0.05) is 49.2 Å². The van der Waals surface area contributed by atoms with Gasteiger partial charge < -0.3 is 9.80 Å². The summed E-state index contributed by atoms with van der Waals surface area (Å²) in [5, 5.41) is 0. The van der Waals surface area contributed by atoms with Gasteiger partial charge >= 0.3 is 0 Å². The summed E-state index contributed by atoms with van der Waals surface area (Å²) in [5.41, 5.74) is 11.3. The van der Waals surface area contributed by atoms with Gasteiger partial charge in [0.2, 0.25) is 0 Å². The van der Waals surface area contributed by atoms with E-state index in [0.29, 0.717) is 0 Å². The monoisotopic (exact) mass is 350 g/mol. The molecule has 2 aromatic rings. The van der Waals surface area contributed by atoms with Crippen LogP contribution >= 0.6 is 0 Å². The molecule has 0 amide bonds. The van der Waals surface area contributed by atoms with Crippen molar-refractivity contribution >= 4 is 11.4 Å². The molecule has 0 aromatic heterocycles. The van der Waals surface area contributed by atoms with Gasteiger partial charge in [-0.3, -0.25) is 0 Å². The summed E-state index contributed by atoms with van der Waals surface area (Å²) in [4.78, 5) is 5.18. The normalized spacial score (nSPS) is 16.9. The molecule has 3 rings (SSSR count). The Morgan fingerprint density at radius 3 is 1.23 bits per heavy atom. The smallest absolute Gasteiger partial charge is 0.0903 e. The summed E-state index contributed by atoms with van der Waals surface area (Å²) in [6.45, 7) is 21.3. The third kappa shape index (κ3) is 3.60. The van der Waals surface area contributed by atoms with E-state index < -0.39 is 0 Å². The molecule has 0 saturated carbocycles. The van der Waals surface area contributed by atoms with Crippen molar-refractivity contribution in [1.29, 1.82) is 0 Å². The van der Waals surface area contributed by atoms with Crippen molar-refractivity contribution in [2.24, 2.45) is 5.41 Å². The van der Waals surface area contributed by atoms with Crippen molar-refractivity contribution in [3.63, 3.8) is 0 Å². The Morgan fingerprint density at radius 1 is 0.615 bits per heavy atom. The van der Waals surface area contributed by atoms with Crippen LogP contribution in [0.2, 0.25) is 0 Å². The highest BCUT2D eigenvalue weighted by molar-refractivity contribution is 5.65. The van der Waals surface area contributed by atoms with Crippen LogP contribution in [-0.4, -0.2) is 19.8 Å². The number of hydrogen-bond donors (Lipinski definition) is 0. The minimum absolute atomic E-state index is 0.242. The highest BCUT2D eigenvalue weighted by Gasteiger charge is 2.33. The van der Waals surface area contributed by atoms with Gasteiger partial charge in [-0.15, -0.1) is 0 Å². The molecule has 1 saturated heterocycles. The van der Waals surface area contributed by atoms with E-state index in [0.717, 1.165) is 19.8 Å². The SMILES string of the molecule is Cc1cc(C)c(N2CN(c3c(C)cc(C)cc3C)CC(C)(C)C2)c(C)c1. The van der Waals surface area contributed by atoms with Gasteiger partial charge in [0.25, 0.3) is 0 Å². The quantitative estimate of drug-likeness (QED) is 0.670. The van der Waals surface area contributed by atoms with Gasteiger partial charge in [-0.05, 0) is 69.2 Å². The summed E-state index contributed by atoms with van der Waals surface area (Å²) < 4.78 is 0. The first-order valence-electron chi connectivity index (χ1n) is 9.73. The molecule has 0 atom stereocenters. The first kappa shape index (κ1) is 18.8. The predicted molar refractivity (Wildman–Crippen MR) is 115 cm³/mol. The number of anilines is 2. The number of rotatable bonds is 2. The van der Waals surface area contributed by atoms with Crippen molar-refractivity contribution in [3.8, 4) is 0 Å². The van der Waals surface area contributed by atoms with Gasteiger partial charge in [0, 0.05) is 24.5 Å². The van der Waals surface area contributed by atoms with Crippen LogP contribution in [0.15, 0.2) is 24.3 Å². The van der Waals surface area contributed by atoms with Crippen molar-refractivity contribution in [2.75, 3.05) is 29.6 Å². The Morgan fingerprint density at radius 2 is 0.923 bits per heavy atom. The molecule has 1 aliphatic heterocycles. The molecule has 2 nitrogen and oxygen atoms in total. The molecule has 2 aromatic carbocycles. The van der Waals surface area contributed by atoms with Crippen LogP contribution in [-0.2, 0) is 0 Å². The zero-order valence-corrected chi connectivity index (χ0v) is 17.8. The van der Waals surface area contributed by atoms with E-state index in [9.17, 15) is 0 Å². The molecule has 1 fully saturated rings. The van der Waals surface area contributed by atoms with Gasteiger partial charge in [0.05, 0.1) is 6.67 Å². The predicted octanol–water partition coefficient (Wildman–Crippen LogP) is 5.85. The van der Waals surface area contributed by atoms with E-state index in [1.165, 1.54) is 44.8 Å². The lowest BCUT2D eigenvalue weighted by Gasteiger charge is -2.48. The van der Waals surface area contributed by atoms with E-state index in [2.05, 4.69) is 89.5 Å². The van der Waals surface area contributed by atoms with Crippen molar-refractivity contribution < 1.29 is 0 Å². The lowest BCUT2D eigenvalue weighted by atomic mass is 9.88. The fourth-order valence-corrected chi connectivity index (χ4v) is 5.03. The summed E-state index contributed by atoms with van der Waals surface area (Å²) in [7, 11) is 0. The van der Waals surface area contributed by atoms with Crippen LogP contribution < -0.4 is 9.80 Å². The van der Waals surface area contributed by atoms with E-state index in [1.807, 2.05) is 0 Å². The Bertz CT molecular complexity index is 719. The van der Waals surface area contributed by atoms with E-state index in [-0.39, 0.29) is 5.41 Å². The topological polar surface area (TPSA) is 6.48 Å². The molecular weight excluding hydrogens is 316 g/mol. The largest absolute Gasteiger partial charge is 0.353 e. The highest BCUT2D eigenvalue weighted by atomic mass is 15.3. The minimum Gasteiger partial charge on any atom is -0.353 e. The first-order valence-corrected chi connectivity index (χ1v) is 9.73. The minimum atomic E-state index is 0.242. The standard InChI is InChI=1S/C24H34N2/c1-16-9-18(3)22(19(4)10-16)25-13-24(7,8)14-26(15-25)23-20(5)11-17(2)12-21(23)6/h9-12H,13-15H2,1-8H3. The van der Waals surface area contributed by atoms with Crippen molar-refractivity contribution in [1.82, 2.24) is 0 Å². The molecule has 0 radical (unpaired) electrons. The maximum Gasteiger partial charge on any atom is 0.0903 e. The average molecular weight is 351 g/mol. The van der Waals surface area contributed by atoms with Gasteiger partial charge in [0.15, 0.2) is 0 Å². The fourth-order valence-electron chi connectivity index (χ4n) is 5.03. The van der Waals surface area contributed by atoms with Crippen LogP contribution in [0.4, 0.5) is 11.4 Å². The zero-order chi connectivity index (χ0) is 19.2. The number of nitrogens with zero attached hydrogens (tertiary/aromatic N) is 2. The Balaban J connectivity index is 2.04. The van der Waals surface area contributed by atoms with Gasteiger partial charge in [0.1, 0.15) is 0 Å². The van der Waals surface area contributed by atoms with Crippen LogP contribution in [0.3, 0.4) is 0 Å². The number of hydrogen-bond acceptors (Lipinski definition) is 2. The molecule has 0 unspecified atom stereocenters. The van der Waals surface area contributed by atoms with Crippen LogP contribution in [0.1, 0.15) is 47.2 Å². The maximum atomic E-state index is 2.59. The zero-order valence-electron chi connectivity index (χ0n) is 17.8. The second kappa shape index (κ2) is 6.64. The van der Waals surface area contributed by atoms with Crippen molar-refractivity contribution in [2.45, 2.75) is 55.4 Å². The third-order valence-corrected chi connectivity index (χ3v) is 5.48. The van der Waals surface area contributed by atoms with Crippen LogP contribution in [0.5, 0.6) is 0 Å². The summed E-state index contributed by atoms with van der Waals surface area (Å²) in [6.07, 6.45) is 0. The number of benzene rings is 2. The molecule has 1 heterocycles. The van der Waals surface area contributed by atoms with Crippen LogP contribution in [0.25, 0.3) is 0 Å². The van der Waals surface area contributed by atoms with Gasteiger partial charge in [-0.25, -0.2) is 0 Å². The third-order valence-electron chi connectivity index (χ3n) is 5.48. The number of aryl methyl sites for hydroxylation is 6. The van der Waals surface area contributed by atoms with E-state index >= 15 is 0 Å². The molecule has 0 aliphatic carbocycles. The van der Waals surface area contributed by atoms with E-state index in [1.54, 1.807) is 0 Å². The lowest BCUT2D eigenvalue weighted by Crippen LogP contribution is -2.54. The molecular formula is C24H34N2. The average Bonchev–Trinajstić information content (AvgIpc) is 2.43. The molecule has 2 heteroatoms. The van der Waals surface area contributed by atoms with Crippen LogP contribution in [0, 0.1) is 47.0 Å². The fraction of sp³-hybridized carbons (Fsp3) is 0.500. The molecule has 1 aliphatic rings. The maximum absolute atomic E-state index is 2.59. The Hall–Kier alpha value is -1.96. The summed E-state index contributed by atoms with van der Waals surface area (Å²) in [6, 6.07) is 9.26. The first-order chi connectivity index (χ1) is 12.1. The second-order valence-corrected chi connectivity index (χ2v) is 9.20. The molecule has 0 N–H and O–H groups in total. The molecule has 140 valence electrons. The summed E-state index contributed by atoms with van der Waals surface area (Å²) >= 11 is 0. The lowest BCUT2D eigenvalue weighted by molar-refractivity contribution is 0.329. The molecule has 0 bridgehead atoms. The summed E-state index contributed by atoms with van der Waals surface area (Å²) in [5.74, 6) is 0.